The molecule has 0 aliphatic rings. The average Bonchev–Trinajstić information content (AvgIpc) is 2.64. The Bertz CT molecular complexity index is 859. The van der Waals surface area contributed by atoms with E-state index in [1.54, 1.807) is 24.3 Å². The van der Waals surface area contributed by atoms with Crippen molar-refractivity contribution < 1.29 is 27.5 Å². The molecule has 0 bridgehead atoms. The highest BCUT2D eigenvalue weighted by Crippen LogP contribution is 2.20. The lowest BCUT2D eigenvalue weighted by Gasteiger charge is -2.10. The highest BCUT2D eigenvalue weighted by Gasteiger charge is 2.27. The lowest BCUT2D eigenvalue weighted by molar-refractivity contribution is -0.176. The molecule has 0 unspecified atom stereocenters. The van der Waals surface area contributed by atoms with Gasteiger partial charge in [-0.3, -0.25) is 9.59 Å². The minimum Gasteiger partial charge on any atom is -0.367 e. The summed E-state index contributed by atoms with van der Waals surface area (Å²) in [5, 5.41) is 5.64. The fraction of sp³-hybridized carbons (Fsp3) is 0.263. The Morgan fingerprint density at radius 3 is 2.24 bits per heavy atom. The summed E-state index contributed by atoms with van der Waals surface area (Å²) >= 11 is 11.7. The highest BCUT2D eigenvalue weighted by molar-refractivity contribution is 6.36. The van der Waals surface area contributed by atoms with Gasteiger partial charge in [0.05, 0.1) is 23.7 Å². The van der Waals surface area contributed by atoms with E-state index in [1.807, 2.05) is 0 Å². The van der Waals surface area contributed by atoms with Crippen LogP contribution in [0.15, 0.2) is 42.5 Å². The second kappa shape index (κ2) is 10.5. The normalized spacial score (nSPS) is 11.2. The summed E-state index contributed by atoms with van der Waals surface area (Å²) < 4.78 is 40.7. The second-order valence-corrected chi connectivity index (χ2v) is 6.85. The zero-order chi connectivity index (χ0) is 21.4. The van der Waals surface area contributed by atoms with E-state index < -0.39 is 24.6 Å². The van der Waals surface area contributed by atoms with Crippen LogP contribution in [0, 0.1) is 0 Å². The molecule has 0 fully saturated rings. The summed E-state index contributed by atoms with van der Waals surface area (Å²) in [6, 6.07) is 11.0. The number of rotatable bonds is 8. The monoisotopic (exact) mass is 448 g/mol. The highest BCUT2D eigenvalue weighted by atomic mass is 35.5. The predicted molar refractivity (Wildman–Crippen MR) is 103 cm³/mol. The number of benzene rings is 2. The van der Waals surface area contributed by atoms with Crippen LogP contribution in [0.3, 0.4) is 0 Å². The van der Waals surface area contributed by atoms with Gasteiger partial charge < -0.3 is 15.4 Å². The molecule has 5 nitrogen and oxygen atoms in total. The molecule has 2 aromatic carbocycles. The largest absolute Gasteiger partial charge is 0.411 e. The Labute approximate surface area is 175 Å². The molecule has 29 heavy (non-hydrogen) atoms. The third-order valence-corrected chi connectivity index (χ3v) is 4.18. The third-order valence-electron chi connectivity index (χ3n) is 3.63. The number of ether oxygens (including phenoxy) is 1. The van der Waals surface area contributed by atoms with Gasteiger partial charge in [-0.25, -0.2) is 0 Å². The van der Waals surface area contributed by atoms with E-state index in [1.165, 1.54) is 18.2 Å². The van der Waals surface area contributed by atoms with Crippen LogP contribution >= 0.6 is 23.2 Å². The van der Waals surface area contributed by atoms with Gasteiger partial charge >= 0.3 is 6.18 Å². The molecule has 0 atom stereocenters. The molecule has 0 aliphatic carbocycles. The maximum Gasteiger partial charge on any atom is 0.411 e. The standard InChI is InChI=1S/C19H17Cl2F3N2O3/c20-14-5-6-15(16(21)7-14)18(28)26-9-17(27)25-8-12-1-3-13(4-2-12)10-29-11-19(22,23)24/h1-7H,8-11H2,(H,25,27)(H,26,28). The van der Waals surface area contributed by atoms with Gasteiger partial charge in [-0.1, -0.05) is 47.5 Å². The topological polar surface area (TPSA) is 67.4 Å². The van der Waals surface area contributed by atoms with Crippen LogP contribution in [0.5, 0.6) is 0 Å². The lowest BCUT2D eigenvalue weighted by atomic mass is 10.1. The number of nitrogens with one attached hydrogen (secondary N) is 2. The van der Waals surface area contributed by atoms with Crippen LogP contribution in [0.2, 0.25) is 10.0 Å². The van der Waals surface area contributed by atoms with E-state index in [9.17, 15) is 22.8 Å². The van der Waals surface area contributed by atoms with Crippen molar-refractivity contribution in [3.05, 3.63) is 69.2 Å². The summed E-state index contributed by atoms with van der Waals surface area (Å²) in [6.07, 6.45) is -4.36. The van der Waals surface area contributed by atoms with Gasteiger partial charge in [0.15, 0.2) is 0 Å². The smallest absolute Gasteiger partial charge is 0.367 e. The molecule has 2 N–H and O–H groups in total. The van der Waals surface area contributed by atoms with Crippen LogP contribution in [-0.2, 0) is 22.7 Å². The first-order chi connectivity index (χ1) is 13.6. The summed E-state index contributed by atoms with van der Waals surface area (Å²) in [5.41, 5.74) is 1.52. The molecule has 0 aliphatic heterocycles. The van der Waals surface area contributed by atoms with E-state index in [2.05, 4.69) is 15.4 Å². The quantitative estimate of drug-likeness (QED) is 0.638. The van der Waals surface area contributed by atoms with Crippen molar-refractivity contribution in [2.45, 2.75) is 19.3 Å². The van der Waals surface area contributed by atoms with Crippen molar-refractivity contribution in [2.24, 2.45) is 0 Å². The van der Waals surface area contributed by atoms with Crippen molar-refractivity contribution in [1.29, 1.82) is 0 Å². The van der Waals surface area contributed by atoms with Crippen LogP contribution in [0.25, 0.3) is 0 Å². The Balaban J connectivity index is 1.74. The molecule has 0 radical (unpaired) electrons. The van der Waals surface area contributed by atoms with E-state index in [-0.39, 0.29) is 30.3 Å². The number of hydrogen-bond donors (Lipinski definition) is 2. The van der Waals surface area contributed by atoms with Crippen molar-refractivity contribution >= 4 is 35.0 Å². The van der Waals surface area contributed by atoms with E-state index in [0.29, 0.717) is 10.6 Å². The average molecular weight is 449 g/mol. The third kappa shape index (κ3) is 8.31. The second-order valence-electron chi connectivity index (χ2n) is 6.01. The van der Waals surface area contributed by atoms with Gasteiger partial charge in [-0.2, -0.15) is 13.2 Å². The molecular weight excluding hydrogens is 432 g/mol. The van der Waals surface area contributed by atoms with E-state index >= 15 is 0 Å². The SMILES string of the molecule is O=C(CNC(=O)c1ccc(Cl)cc1Cl)NCc1ccc(COCC(F)(F)F)cc1. The van der Waals surface area contributed by atoms with Crippen molar-refractivity contribution in [1.82, 2.24) is 10.6 Å². The molecule has 0 heterocycles. The zero-order valence-electron chi connectivity index (χ0n) is 15.0. The number of carbonyl (C=O) groups is 2. The van der Waals surface area contributed by atoms with Crippen LogP contribution in [0.4, 0.5) is 13.2 Å². The van der Waals surface area contributed by atoms with Crippen molar-refractivity contribution in [2.75, 3.05) is 13.2 Å². The Hall–Kier alpha value is -2.29. The summed E-state index contributed by atoms with van der Waals surface area (Å²) in [6.45, 7) is -1.52. The van der Waals surface area contributed by atoms with Crippen LogP contribution < -0.4 is 10.6 Å². The Morgan fingerprint density at radius 2 is 1.62 bits per heavy atom. The first-order valence-electron chi connectivity index (χ1n) is 8.36. The Kier molecular flexibility index (Phi) is 8.31. The van der Waals surface area contributed by atoms with Gasteiger partial charge in [0.1, 0.15) is 6.61 Å². The molecule has 2 amide bonds. The predicted octanol–water partition coefficient (Wildman–Crippen LogP) is 4.12. The molecule has 156 valence electrons. The fourth-order valence-electron chi connectivity index (χ4n) is 2.23. The minimum absolute atomic E-state index is 0.161. The molecular formula is C19H17Cl2F3N2O3. The number of alkyl halides is 3. The molecule has 0 saturated carbocycles. The number of carbonyl (C=O) groups excluding carboxylic acids is 2. The molecule has 0 aromatic heterocycles. The van der Waals surface area contributed by atoms with Gasteiger partial charge in [0.2, 0.25) is 5.91 Å². The Morgan fingerprint density at radius 1 is 0.966 bits per heavy atom. The maximum atomic E-state index is 12.0. The van der Waals surface area contributed by atoms with Gasteiger partial charge in [0, 0.05) is 11.6 Å². The van der Waals surface area contributed by atoms with E-state index in [4.69, 9.17) is 23.2 Å². The van der Waals surface area contributed by atoms with Crippen LogP contribution in [0.1, 0.15) is 21.5 Å². The summed E-state index contributed by atoms with van der Waals surface area (Å²) in [7, 11) is 0. The van der Waals surface area contributed by atoms with E-state index in [0.717, 1.165) is 5.56 Å². The van der Waals surface area contributed by atoms with Crippen molar-refractivity contribution in [3.63, 3.8) is 0 Å². The zero-order valence-corrected chi connectivity index (χ0v) is 16.5. The minimum atomic E-state index is -4.36. The van der Waals surface area contributed by atoms with Crippen molar-refractivity contribution in [3.8, 4) is 0 Å². The molecule has 0 spiro atoms. The number of halogens is 5. The van der Waals surface area contributed by atoms with Gasteiger partial charge in [-0.05, 0) is 29.3 Å². The van der Waals surface area contributed by atoms with Crippen LogP contribution in [-0.4, -0.2) is 31.1 Å². The molecule has 2 aromatic rings. The first-order valence-corrected chi connectivity index (χ1v) is 9.12. The maximum absolute atomic E-state index is 12.0. The number of amides is 2. The molecule has 10 heteroatoms. The number of hydrogen-bond acceptors (Lipinski definition) is 3. The fourth-order valence-corrected chi connectivity index (χ4v) is 2.72. The summed E-state index contributed by atoms with van der Waals surface area (Å²) in [5.74, 6) is -0.925. The summed E-state index contributed by atoms with van der Waals surface area (Å²) in [4.78, 5) is 23.9. The molecule has 0 saturated heterocycles. The first kappa shape index (κ1) is 23.0. The molecule has 2 rings (SSSR count). The van der Waals surface area contributed by atoms with Gasteiger partial charge in [-0.15, -0.1) is 0 Å². The van der Waals surface area contributed by atoms with Gasteiger partial charge in [0.25, 0.3) is 5.91 Å². The lowest BCUT2D eigenvalue weighted by Crippen LogP contribution is -2.36.